The number of carbonyl (C=O) groups is 2. The largest absolute Gasteiger partial charge is 0.444 e. The van der Waals surface area contributed by atoms with E-state index in [1.54, 1.807) is 4.90 Å². The van der Waals surface area contributed by atoms with E-state index in [9.17, 15) is 20.0 Å². The SMILES string of the molecule is CC(C)(C)OC(=O)N1[C@@H]2CC[C@@H](C2)[C@H]1C(=O)CC(C#N)Cc1ccc(-c2ccccc2N)c(CO)c1. The summed E-state index contributed by atoms with van der Waals surface area (Å²) in [5, 5.41) is 19.8. The van der Waals surface area contributed by atoms with Crippen molar-refractivity contribution in [3.63, 3.8) is 0 Å². The molecule has 2 aromatic rings. The normalized spacial score (nSPS) is 21.8. The number of anilines is 1. The number of ketones is 1. The molecule has 7 nitrogen and oxygen atoms in total. The van der Waals surface area contributed by atoms with Crippen LogP contribution in [0, 0.1) is 23.2 Å². The van der Waals surface area contributed by atoms with E-state index in [-0.39, 0.29) is 30.8 Å². The fourth-order valence-corrected chi connectivity index (χ4v) is 5.70. The van der Waals surface area contributed by atoms with E-state index < -0.39 is 23.7 Å². The Labute approximate surface area is 212 Å². The van der Waals surface area contributed by atoms with E-state index in [1.807, 2.05) is 63.2 Å². The number of hydrogen-bond donors (Lipinski definition) is 2. The van der Waals surface area contributed by atoms with Gasteiger partial charge in [0.15, 0.2) is 5.78 Å². The lowest BCUT2D eigenvalue weighted by Crippen LogP contribution is -2.51. The molecule has 2 bridgehead atoms. The van der Waals surface area contributed by atoms with Crippen LogP contribution in [0.3, 0.4) is 0 Å². The molecule has 4 rings (SSSR count). The molecule has 0 radical (unpaired) electrons. The number of carbonyl (C=O) groups excluding carboxylic acids is 2. The number of amides is 1. The van der Waals surface area contributed by atoms with E-state index in [4.69, 9.17) is 10.5 Å². The van der Waals surface area contributed by atoms with Crippen molar-refractivity contribution in [3.05, 3.63) is 53.6 Å². The summed E-state index contributed by atoms with van der Waals surface area (Å²) in [5.41, 5.74) is 9.39. The van der Waals surface area contributed by atoms with Crippen molar-refractivity contribution in [2.75, 3.05) is 5.73 Å². The van der Waals surface area contributed by atoms with Crippen LogP contribution in [0.15, 0.2) is 42.5 Å². The zero-order valence-electron chi connectivity index (χ0n) is 21.2. The van der Waals surface area contributed by atoms with Crippen LogP contribution in [0.2, 0.25) is 0 Å². The molecule has 1 aliphatic heterocycles. The third kappa shape index (κ3) is 5.39. The number of nitrogen functional groups attached to an aromatic ring is 1. The number of hydrogen-bond acceptors (Lipinski definition) is 6. The Morgan fingerprint density at radius 1 is 1.19 bits per heavy atom. The predicted molar refractivity (Wildman–Crippen MR) is 138 cm³/mol. The Morgan fingerprint density at radius 3 is 2.61 bits per heavy atom. The summed E-state index contributed by atoms with van der Waals surface area (Å²) in [7, 11) is 0. The van der Waals surface area contributed by atoms with Crippen LogP contribution in [0.5, 0.6) is 0 Å². The highest BCUT2D eigenvalue weighted by Crippen LogP contribution is 2.44. The van der Waals surface area contributed by atoms with Crippen LogP contribution in [-0.2, 0) is 22.6 Å². The number of nitrogens with zero attached hydrogens (tertiary/aromatic N) is 2. The Hall–Kier alpha value is -3.37. The molecule has 36 heavy (non-hydrogen) atoms. The Morgan fingerprint density at radius 2 is 1.94 bits per heavy atom. The monoisotopic (exact) mass is 489 g/mol. The molecule has 1 unspecified atom stereocenters. The van der Waals surface area contributed by atoms with Gasteiger partial charge in [0.2, 0.25) is 0 Å². The van der Waals surface area contributed by atoms with Gasteiger partial charge in [0.05, 0.1) is 24.6 Å². The molecule has 0 aromatic heterocycles. The summed E-state index contributed by atoms with van der Waals surface area (Å²) >= 11 is 0. The first-order chi connectivity index (χ1) is 17.1. The molecule has 1 saturated carbocycles. The molecule has 1 aliphatic carbocycles. The van der Waals surface area contributed by atoms with Crippen LogP contribution in [-0.4, -0.2) is 39.6 Å². The highest BCUT2D eigenvalue weighted by Gasteiger charge is 2.52. The maximum atomic E-state index is 13.4. The van der Waals surface area contributed by atoms with E-state index >= 15 is 0 Å². The highest BCUT2D eigenvalue weighted by molar-refractivity contribution is 5.89. The van der Waals surface area contributed by atoms with Crippen LogP contribution in [0.25, 0.3) is 11.1 Å². The van der Waals surface area contributed by atoms with Crippen LogP contribution in [0.1, 0.15) is 57.6 Å². The summed E-state index contributed by atoms with van der Waals surface area (Å²) in [4.78, 5) is 28.0. The number of fused-ring (bicyclic) bond motifs is 2. The van der Waals surface area contributed by atoms with Crippen LogP contribution >= 0.6 is 0 Å². The maximum absolute atomic E-state index is 13.4. The third-order valence-corrected chi connectivity index (χ3v) is 7.22. The second-order valence-electron chi connectivity index (χ2n) is 11.0. The molecule has 2 fully saturated rings. The van der Waals surface area contributed by atoms with Crippen LogP contribution < -0.4 is 5.73 Å². The predicted octanol–water partition coefficient (Wildman–Crippen LogP) is 4.86. The van der Waals surface area contributed by atoms with Gasteiger partial charge in [-0.2, -0.15) is 5.26 Å². The Balaban J connectivity index is 1.48. The molecule has 190 valence electrons. The molecule has 1 heterocycles. The van der Waals surface area contributed by atoms with Gasteiger partial charge in [-0.25, -0.2) is 4.79 Å². The second-order valence-corrected chi connectivity index (χ2v) is 11.0. The molecule has 2 aliphatic rings. The fourth-order valence-electron chi connectivity index (χ4n) is 5.70. The number of nitrogens with two attached hydrogens (primary N) is 1. The number of ether oxygens (including phenoxy) is 1. The lowest BCUT2D eigenvalue weighted by atomic mass is 9.87. The van der Waals surface area contributed by atoms with Gasteiger partial charge in [0, 0.05) is 23.7 Å². The molecular formula is C29H35N3O4. The maximum Gasteiger partial charge on any atom is 0.411 e. The summed E-state index contributed by atoms with van der Waals surface area (Å²) in [6.07, 6.45) is 2.64. The molecule has 1 amide bonds. The summed E-state index contributed by atoms with van der Waals surface area (Å²) in [5.74, 6) is -0.474. The van der Waals surface area contributed by atoms with Crippen molar-refractivity contribution in [1.82, 2.24) is 4.90 Å². The van der Waals surface area contributed by atoms with E-state index in [0.29, 0.717) is 12.1 Å². The summed E-state index contributed by atoms with van der Waals surface area (Å²) in [6, 6.07) is 15.0. The Bertz CT molecular complexity index is 1180. The molecule has 0 spiro atoms. The molecule has 3 N–H and O–H groups in total. The highest BCUT2D eigenvalue weighted by atomic mass is 16.6. The number of likely N-dealkylation sites (tertiary alicyclic amines) is 1. The number of rotatable bonds is 7. The first-order valence-electron chi connectivity index (χ1n) is 12.6. The first-order valence-corrected chi connectivity index (χ1v) is 12.6. The number of piperidine rings is 1. The average molecular weight is 490 g/mol. The van der Waals surface area contributed by atoms with Crippen molar-refractivity contribution in [3.8, 4) is 17.2 Å². The molecule has 4 atom stereocenters. The zero-order valence-corrected chi connectivity index (χ0v) is 21.2. The fraction of sp³-hybridized carbons (Fsp3) is 0.483. The number of nitriles is 1. The zero-order chi connectivity index (χ0) is 26.0. The molecule has 2 aromatic carbocycles. The molecular weight excluding hydrogens is 454 g/mol. The minimum Gasteiger partial charge on any atom is -0.444 e. The number of benzene rings is 2. The van der Waals surface area contributed by atoms with Gasteiger partial charge in [0.1, 0.15) is 5.60 Å². The summed E-state index contributed by atoms with van der Waals surface area (Å²) < 4.78 is 5.60. The minimum absolute atomic E-state index is 0.0319. The average Bonchev–Trinajstić information content (AvgIpc) is 3.45. The summed E-state index contributed by atoms with van der Waals surface area (Å²) in [6.45, 7) is 5.29. The quantitative estimate of drug-likeness (QED) is 0.537. The van der Waals surface area contributed by atoms with Crippen molar-refractivity contribution in [2.24, 2.45) is 11.8 Å². The van der Waals surface area contributed by atoms with Gasteiger partial charge in [-0.15, -0.1) is 0 Å². The van der Waals surface area contributed by atoms with Crippen molar-refractivity contribution in [2.45, 2.75) is 77.2 Å². The third-order valence-electron chi connectivity index (χ3n) is 7.22. The van der Waals surface area contributed by atoms with Crippen molar-refractivity contribution < 1.29 is 19.4 Å². The van der Waals surface area contributed by atoms with E-state index in [0.717, 1.165) is 41.5 Å². The van der Waals surface area contributed by atoms with Crippen molar-refractivity contribution in [1.29, 1.82) is 5.26 Å². The Kier molecular flexibility index (Phi) is 7.37. The number of aliphatic hydroxyl groups excluding tert-OH is 1. The lowest BCUT2D eigenvalue weighted by molar-refractivity contribution is -0.126. The first kappa shape index (κ1) is 25.7. The number of para-hydroxylation sites is 1. The van der Waals surface area contributed by atoms with Crippen molar-refractivity contribution >= 4 is 17.6 Å². The lowest BCUT2D eigenvalue weighted by Gasteiger charge is -2.35. The number of aliphatic hydroxyl groups is 1. The van der Waals surface area contributed by atoms with E-state index in [1.165, 1.54) is 0 Å². The standard InChI is InChI=1S/C29H35N3O4/c1-29(2,3)36-28(35)32-22-10-9-20(15-22)27(32)26(34)14-19(16-30)12-18-8-11-23(21(13-18)17-33)24-6-4-5-7-25(24)31/h4-8,11,13,19-20,22,27,33H,9-10,12,14-15,17,31H2,1-3H3/t19?,20-,22+,27-/m0/s1. The van der Waals surface area contributed by atoms with Gasteiger partial charge in [-0.05, 0) is 75.1 Å². The second kappa shape index (κ2) is 10.3. The van der Waals surface area contributed by atoms with Gasteiger partial charge in [-0.1, -0.05) is 36.4 Å². The molecule has 7 heteroatoms. The smallest absolute Gasteiger partial charge is 0.411 e. The van der Waals surface area contributed by atoms with Gasteiger partial charge < -0.3 is 15.6 Å². The van der Waals surface area contributed by atoms with Gasteiger partial charge >= 0.3 is 6.09 Å². The van der Waals surface area contributed by atoms with Gasteiger partial charge in [0.25, 0.3) is 0 Å². The minimum atomic E-state index is -0.636. The van der Waals surface area contributed by atoms with E-state index in [2.05, 4.69) is 6.07 Å². The number of Topliss-reactive ketones (excluding diaryl/α,β-unsaturated/α-hetero) is 1. The van der Waals surface area contributed by atoms with Crippen LogP contribution in [0.4, 0.5) is 10.5 Å². The topological polar surface area (TPSA) is 117 Å². The van der Waals surface area contributed by atoms with Gasteiger partial charge in [-0.3, -0.25) is 9.69 Å². The molecule has 1 saturated heterocycles.